The predicted molar refractivity (Wildman–Crippen MR) is 102 cm³/mol. The molecular weight excluding hydrogens is 346 g/mol. The van der Waals surface area contributed by atoms with Crippen LogP contribution in [0.15, 0.2) is 17.6 Å². The van der Waals surface area contributed by atoms with Crippen LogP contribution in [0.5, 0.6) is 0 Å². The Kier molecular flexibility index (Phi) is 3.60. The number of pyridine rings is 1. The first kappa shape index (κ1) is 15.9. The second kappa shape index (κ2) is 5.87. The molecule has 2 fully saturated rings. The van der Waals surface area contributed by atoms with Crippen LogP contribution in [0.2, 0.25) is 0 Å². The van der Waals surface area contributed by atoms with Crippen molar-refractivity contribution in [1.82, 2.24) is 19.7 Å². The zero-order valence-corrected chi connectivity index (χ0v) is 15.7. The Morgan fingerprint density at radius 1 is 1.19 bits per heavy atom. The Bertz CT molecular complexity index is 997. The smallest absolute Gasteiger partial charge is 0.258 e. The number of thiazole rings is 1. The second-order valence-corrected chi connectivity index (χ2v) is 8.45. The molecule has 2 aliphatic carbocycles. The number of nitrogens with one attached hydrogen (secondary N) is 1. The summed E-state index contributed by atoms with van der Waals surface area (Å²) >= 11 is 1.50. The zero-order chi connectivity index (χ0) is 17.8. The minimum absolute atomic E-state index is 0.126. The van der Waals surface area contributed by atoms with E-state index in [0.717, 1.165) is 35.3 Å². The lowest BCUT2D eigenvalue weighted by Gasteiger charge is -2.10. The molecule has 3 aromatic rings. The molecule has 0 aromatic carbocycles. The van der Waals surface area contributed by atoms with Crippen LogP contribution in [0.25, 0.3) is 11.0 Å². The Morgan fingerprint density at radius 3 is 2.62 bits per heavy atom. The highest BCUT2D eigenvalue weighted by Crippen LogP contribution is 2.42. The molecule has 6 nitrogen and oxygen atoms in total. The van der Waals surface area contributed by atoms with Crippen LogP contribution < -0.4 is 5.32 Å². The number of nitrogens with zero attached hydrogens (tertiary/aromatic N) is 4. The average molecular weight is 367 g/mol. The fraction of sp³-hybridized carbons (Fsp3) is 0.474. The van der Waals surface area contributed by atoms with Gasteiger partial charge in [-0.15, -0.1) is 11.3 Å². The third kappa shape index (κ3) is 2.80. The number of hydrogen-bond acceptors (Lipinski definition) is 5. The fourth-order valence-electron chi connectivity index (χ4n) is 3.27. The van der Waals surface area contributed by atoms with Crippen molar-refractivity contribution in [3.8, 4) is 0 Å². The van der Waals surface area contributed by atoms with E-state index in [9.17, 15) is 4.79 Å². The van der Waals surface area contributed by atoms with Crippen LogP contribution in [-0.4, -0.2) is 25.7 Å². The van der Waals surface area contributed by atoms with E-state index < -0.39 is 0 Å². The molecule has 3 heterocycles. The predicted octanol–water partition coefficient (Wildman–Crippen LogP) is 4.48. The van der Waals surface area contributed by atoms with E-state index in [2.05, 4.69) is 34.6 Å². The quantitative estimate of drug-likeness (QED) is 0.722. The Labute approximate surface area is 155 Å². The molecule has 2 aliphatic rings. The van der Waals surface area contributed by atoms with Gasteiger partial charge in [-0.3, -0.25) is 10.1 Å². The lowest BCUT2D eigenvalue weighted by molar-refractivity contribution is 0.102. The van der Waals surface area contributed by atoms with Gasteiger partial charge in [-0.25, -0.2) is 14.6 Å². The Morgan fingerprint density at radius 2 is 1.92 bits per heavy atom. The van der Waals surface area contributed by atoms with Gasteiger partial charge < -0.3 is 0 Å². The maximum atomic E-state index is 13.0. The molecule has 26 heavy (non-hydrogen) atoms. The molecule has 0 saturated heterocycles. The van der Waals surface area contributed by atoms with Crippen LogP contribution >= 0.6 is 11.3 Å². The molecule has 0 aliphatic heterocycles. The number of hydrogen-bond donors (Lipinski definition) is 1. The highest BCUT2D eigenvalue weighted by atomic mass is 32.1. The van der Waals surface area contributed by atoms with Gasteiger partial charge in [0.1, 0.15) is 0 Å². The molecule has 1 N–H and O–H groups in total. The molecule has 7 heteroatoms. The van der Waals surface area contributed by atoms with E-state index >= 15 is 0 Å². The first-order valence-electron chi connectivity index (χ1n) is 9.25. The van der Waals surface area contributed by atoms with Crippen molar-refractivity contribution >= 4 is 33.4 Å². The molecule has 0 spiro atoms. The summed E-state index contributed by atoms with van der Waals surface area (Å²) < 4.78 is 1.90. The molecular formula is C19H21N5OS. The molecule has 0 atom stereocenters. The minimum Gasteiger partial charge on any atom is -0.298 e. The first-order valence-corrected chi connectivity index (χ1v) is 10.1. The Balaban J connectivity index is 1.52. The summed E-state index contributed by atoms with van der Waals surface area (Å²) in [5.74, 6) is 0.942. The second-order valence-electron chi connectivity index (χ2n) is 7.60. The number of anilines is 1. The first-order chi connectivity index (χ1) is 12.6. The number of rotatable bonds is 5. The third-order valence-electron chi connectivity index (χ3n) is 5.05. The van der Waals surface area contributed by atoms with Crippen LogP contribution in [0.4, 0.5) is 5.13 Å². The van der Waals surface area contributed by atoms with Gasteiger partial charge in [-0.05, 0) is 45.6 Å². The monoisotopic (exact) mass is 367 g/mol. The summed E-state index contributed by atoms with van der Waals surface area (Å²) in [6.45, 7) is 4.15. The van der Waals surface area contributed by atoms with Gasteiger partial charge in [0.25, 0.3) is 5.91 Å². The highest BCUT2D eigenvalue weighted by molar-refractivity contribution is 7.14. The molecule has 3 aromatic heterocycles. The SMILES string of the molecule is CC(C)n1ncc2c(C(=O)Nc3nc(C4CC4)cs3)cc(C3CC3)nc21. The van der Waals surface area contributed by atoms with E-state index in [1.54, 1.807) is 6.20 Å². The molecule has 0 unspecified atom stereocenters. The molecule has 134 valence electrons. The van der Waals surface area contributed by atoms with Gasteiger partial charge >= 0.3 is 0 Å². The molecule has 5 rings (SSSR count). The topological polar surface area (TPSA) is 72.7 Å². The van der Waals surface area contributed by atoms with E-state index in [1.807, 2.05) is 10.7 Å². The van der Waals surface area contributed by atoms with E-state index in [-0.39, 0.29) is 11.9 Å². The van der Waals surface area contributed by atoms with Crippen molar-refractivity contribution in [3.05, 3.63) is 34.6 Å². The van der Waals surface area contributed by atoms with Gasteiger partial charge in [0.2, 0.25) is 0 Å². The molecule has 0 radical (unpaired) electrons. The molecule has 2 saturated carbocycles. The number of aromatic nitrogens is 4. The number of carbonyl (C=O) groups is 1. The zero-order valence-electron chi connectivity index (χ0n) is 14.9. The summed E-state index contributed by atoms with van der Waals surface area (Å²) in [6.07, 6.45) is 6.47. The fourth-order valence-corrected chi connectivity index (χ4v) is 4.05. The summed E-state index contributed by atoms with van der Waals surface area (Å²) in [6, 6.07) is 2.14. The number of carbonyl (C=O) groups excluding carboxylic acids is 1. The van der Waals surface area contributed by atoms with Crippen LogP contribution in [0.3, 0.4) is 0 Å². The number of amides is 1. The minimum atomic E-state index is -0.126. The van der Waals surface area contributed by atoms with Crippen molar-refractivity contribution in [2.75, 3.05) is 5.32 Å². The van der Waals surface area contributed by atoms with Gasteiger partial charge in [0.15, 0.2) is 10.8 Å². The van der Waals surface area contributed by atoms with Crippen LogP contribution in [0, 0.1) is 0 Å². The van der Waals surface area contributed by atoms with Crippen LogP contribution in [-0.2, 0) is 0 Å². The van der Waals surface area contributed by atoms with Crippen molar-refractivity contribution in [2.24, 2.45) is 0 Å². The van der Waals surface area contributed by atoms with E-state index in [1.165, 1.54) is 24.2 Å². The lowest BCUT2D eigenvalue weighted by Crippen LogP contribution is -2.14. The highest BCUT2D eigenvalue weighted by Gasteiger charge is 2.29. The van der Waals surface area contributed by atoms with Crippen molar-refractivity contribution in [1.29, 1.82) is 0 Å². The molecule has 1 amide bonds. The van der Waals surface area contributed by atoms with Crippen molar-refractivity contribution in [3.63, 3.8) is 0 Å². The summed E-state index contributed by atoms with van der Waals surface area (Å²) in [5.41, 5.74) is 3.55. The maximum Gasteiger partial charge on any atom is 0.258 e. The van der Waals surface area contributed by atoms with Gasteiger partial charge in [-0.1, -0.05) is 0 Å². The van der Waals surface area contributed by atoms with E-state index in [4.69, 9.17) is 4.98 Å². The summed E-state index contributed by atoms with van der Waals surface area (Å²) in [5, 5.41) is 11.0. The normalized spacial score (nSPS) is 17.2. The standard InChI is InChI=1S/C19H21N5OS/c1-10(2)24-17-14(8-20-24)13(7-15(21-17)11-3-4-11)18(25)23-19-22-16(9-26-19)12-5-6-12/h7-12H,3-6H2,1-2H3,(H,22,23,25). The largest absolute Gasteiger partial charge is 0.298 e. The van der Waals surface area contributed by atoms with Crippen molar-refractivity contribution in [2.45, 2.75) is 57.4 Å². The van der Waals surface area contributed by atoms with Gasteiger partial charge in [0.05, 0.1) is 22.8 Å². The summed E-state index contributed by atoms with van der Waals surface area (Å²) in [7, 11) is 0. The Hall–Kier alpha value is -2.28. The third-order valence-corrected chi connectivity index (χ3v) is 5.83. The summed E-state index contributed by atoms with van der Waals surface area (Å²) in [4.78, 5) is 22.4. The average Bonchev–Trinajstić information content (AvgIpc) is 3.55. The van der Waals surface area contributed by atoms with Gasteiger partial charge in [-0.2, -0.15) is 5.10 Å². The van der Waals surface area contributed by atoms with Crippen LogP contribution in [0.1, 0.15) is 79.2 Å². The van der Waals surface area contributed by atoms with Crippen molar-refractivity contribution < 1.29 is 4.79 Å². The van der Waals surface area contributed by atoms with Gasteiger partial charge in [0, 0.05) is 29.0 Å². The lowest BCUT2D eigenvalue weighted by atomic mass is 10.1. The number of fused-ring (bicyclic) bond motifs is 1. The molecule has 0 bridgehead atoms. The van der Waals surface area contributed by atoms with E-state index in [0.29, 0.717) is 22.5 Å². The maximum absolute atomic E-state index is 13.0.